The summed E-state index contributed by atoms with van der Waals surface area (Å²) in [6, 6.07) is 0.245. The number of nitrogens with zero attached hydrogens (tertiary/aromatic N) is 1. The normalized spacial score (nSPS) is 10.6. The van der Waals surface area contributed by atoms with Crippen molar-refractivity contribution in [1.82, 2.24) is 10.2 Å². The zero-order valence-electron chi connectivity index (χ0n) is 9.67. The summed E-state index contributed by atoms with van der Waals surface area (Å²) in [7, 11) is 3.50. The van der Waals surface area contributed by atoms with E-state index in [2.05, 4.69) is 5.32 Å². The molecular formula is C10H22N2O2. The minimum absolute atomic E-state index is 0.186. The van der Waals surface area contributed by atoms with Crippen LogP contribution >= 0.6 is 0 Å². The Hall–Kier alpha value is -0.610. The SMILES string of the molecule is CNCCC(=O)N(CCOC)C(C)C. The summed E-state index contributed by atoms with van der Waals surface area (Å²) in [4.78, 5) is 13.5. The van der Waals surface area contributed by atoms with E-state index in [1.54, 1.807) is 7.11 Å². The Labute approximate surface area is 86.6 Å². The van der Waals surface area contributed by atoms with Gasteiger partial charge in [0.15, 0.2) is 0 Å². The number of ether oxygens (including phenoxy) is 1. The van der Waals surface area contributed by atoms with Crippen molar-refractivity contribution in [1.29, 1.82) is 0 Å². The number of hydrogen-bond acceptors (Lipinski definition) is 3. The Morgan fingerprint density at radius 1 is 1.50 bits per heavy atom. The molecule has 4 nitrogen and oxygen atoms in total. The summed E-state index contributed by atoms with van der Waals surface area (Å²) in [5.41, 5.74) is 0. The van der Waals surface area contributed by atoms with Crippen LogP contribution < -0.4 is 5.32 Å². The van der Waals surface area contributed by atoms with Crippen LogP contribution in [0.4, 0.5) is 0 Å². The van der Waals surface area contributed by atoms with Gasteiger partial charge in [-0.15, -0.1) is 0 Å². The molecule has 0 atom stereocenters. The maximum atomic E-state index is 11.7. The molecule has 0 bridgehead atoms. The molecule has 0 aliphatic carbocycles. The molecule has 0 heterocycles. The van der Waals surface area contributed by atoms with Gasteiger partial charge < -0.3 is 15.0 Å². The average Bonchev–Trinajstić information content (AvgIpc) is 2.14. The summed E-state index contributed by atoms with van der Waals surface area (Å²) >= 11 is 0. The van der Waals surface area contributed by atoms with Crippen LogP contribution in [0.2, 0.25) is 0 Å². The molecular weight excluding hydrogens is 180 g/mol. The van der Waals surface area contributed by atoms with Gasteiger partial charge in [-0.05, 0) is 20.9 Å². The van der Waals surface area contributed by atoms with E-state index < -0.39 is 0 Å². The average molecular weight is 202 g/mol. The first-order chi connectivity index (χ1) is 6.63. The van der Waals surface area contributed by atoms with Crippen LogP contribution in [0.25, 0.3) is 0 Å². The van der Waals surface area contributed by atoms with Gasteiger partial charge in [0, 0.05) is 32.7 Å². The Balaban J connectivity index is 3.98. The van der Waals surface area contributed by atoms with Crippen molar-refractivity contribution in [2.75, 3.05) is 33.9 Å². The fraction of sp³-hybridized carbons (Fsp3) is 0.900. The van der Waals surface area contributed by atoms with Crippen LogP contribution in [0, 0.1) is 0 Å². The van der Waals surface area contributed by atoms with E-state index in [0.717, 1.165) is 6.54 Å². The maximum Gasteiger partial charge on any atom is 0.224 e. The highest BCUT2D eigenvalue weighted by Crippen LogP contribution is 2.01. The first kappa shape index (κ1) is 13.4. The van der Waals surface area contributed by atoms with Crippen molar-refractivity contribution in [2.45, 2.75) is 26.3 Å². The summed E-state index contributed by atoms with van der Waals surface area (Å²) in [6.07, 6.45) is 0.554. The van der Waals surface area contributed by atoms with E-state index in [9.17, 15) is 4.79 Å². The zero-order chi connectivity index (χ0) is 11.0. The van der Waals surface area contributed by atoms with E-state index in [-0.39, 0.29) is 11.9 Å². The lowest BCUT2D eigenvalue weighted by atomic mass is 10.2. The molecule has 0 saturated heterocycles. The van der Waals surface area contributed by atoms with Gasteiger partial charge in [0.05, 0.1) is 6.61 Å². The molecule has 0 unspecified atom stereocenters. The molecule has 0 aromatic carbocycles. The number of carbonyl (C=O) groups excluding carboxylic acids is 1. The van der Waals surface area contributed by atoms with Crippen molar-refractivity contribution in [3.05, 3.63) is 0 Å². The number of hydrogen-bond donors (Lipinski definition) is 1. The molecule has 0 rings (SSSR count). The second-order valence-corrected chi connectivity index (χ2v) is 3.53. The van der Waals surface area contributed by atoms with Gasteiger partial charge in [-0.3, -0.25) is 4.79 Å². The Morgan fingerprint density at radius 3 is 2.57 bits per heavy atom. The van der Waals surface area contributed by atoms with Crippen LogP contribution in [0.15, 0.2) is 0 Å². The second-order valence-electron chi connectivity index (χ2n) is 3.53. The van der Waals surface area contributed by atoms with Crippen LogP contribution in [0.3, 0.4) is 0 Å². The third-order valence-electron chi connectivity index (χ3n) is 2.07. The fourth-order valence-electron chi connectivity index (χ4n) is 1.24. The molecule has 0 aromatic heterocycles. The van der Waals surface area contributed by atoms with Gasteiger partial charge >= 0.3 is 0 Å². The molecule has 1 N–H and O–H groups in total. The number of amides is 1. The van der Waals surface area contributed by atoms with E-state index in [4.69, 9.17) is 4.74 Å². The summed E-state index contributed by atoms with van der Waals surface area (Å²) in [5.74, 6) is 0.186. The van der Waals surface area contributed by atoms with Gasteiger partial charge in [-0.25, -0.2) is 0 Å². The number of rotatable bonds is 7. The largest absolute Gasteiger partial charge is 0.383 e. The molecule has 0 aliphatic rings. The third kappa shape index (κ3) is 5.19. The van der Waals surface area contributed by atoms with Crippen LogP contribution in [-0.2, 0) is 9.53 Å². The van der Waals surface area contributed by atoms with Gasteiger partial charge in [0.1, 0.15) is 0 Å². The van der Waals surface area contributed by atoms with Crippen molar-refractivity contribution in [2.24, 2.45) is 0 Å². The molecule has 14 heavy (non-hydrogen) atoms. The highest BCUT2D eigenvalue weighted by atomic mass is 16.5. The van der Waals surface area contributed by atoms with Crippen LogP contribution in [0.1, 0.15) is 20.3 Å². The molecule has 1 amide bonds. The number of nitrogens with one attached hydrogen (secondary N) is 1. The van der Waals surface area contributed by atoms with Gasteiger partial charge in [-0.2, -0.15) is 0 Å². The first-order valence-corrected chi connectivity index (χ1v) is 5.06. The van der Waals surface area contributed by atoms with Crippen LogP contribution in [0.5, 0.6) is 0 Å². The lowest BCUT2D eigenvalue weighted by Crippen LogP contribution is -2.40. The van der Waals surface area contributed by atoms with Crippen molar-refractivity contribution < 1.29 is 9.53 Å². The monoisotopic (exact) mass is 202 g/mol. The van der Waals surface area contributed by atoms with E-state index in [1.807, 2.05) is 25.8 Å². The van der Waals surface area contributed by atoms with Crippen molar-refractivity contribution >= 4 is 5.91 Å². The van der Waals surface area contributed by atoms with E-state index >= 15 is 0 Å². The highest BCUT2D eigenvalue weighted by Gasteiger charge is 2.15. The second kappa shape index (κ2) is 7.76. The minimum atomic E-state index is 0.186. The quantitative estimate of drug-likeness (QED) is 0.653. The molecule has 0 fully saturated rings. The van der Waals surface area contributed by atoms with E-state index in [0.29, 0.717) is 19.6 Å². The standard InChI is InChI=1S/C10H22N2O2/c1-9(2)12(7-8-14-4)10(13)5-6-11-3/h9,11H,5-8H2,1-4H3. The van der Waals surface area contributed by atoms with Crippen LogP contribution in [-0.4, -0.2) is 50.7 Å². The minimum Gasteiger partial charge on any atom is -0.383 e. The highest BCUT2D eigenvalue weighted by molar-refractivity contribution is 5.76. The molecule has 0 aromatic rings. The third-order valence-corrected chi connectivity index (χ3v) is 2.07. The van der Waals surface area contributed by atoms with Crippen molar-refractivity contribution in [3.8, 4) is 0 Å². The smallest absolute Gasteiger partial charge is 0.224 e. The molecule has 0 aliphatic heterocycles. The first-order valence-electron chi connectivity index (χ1n) is 5.06. The summed E-state index contributed by atoms with van der Waals surface area (Å²) in [5, 5.41) is 2.97. The van der Waals surface area contributed by atoms with Gasteiger partial charge in [-0.1, -0.05) is 0 Å². The fourth-order valence-corrected chi connectivity index (χ4v) is 1.24. The Morgan fingerprint density at radius 2 is 2.14 bits per heavy atom. The molecule has 0 saturated carbocycles. The summed E-state index contributed by atoms with van der Waals surface area (Å²) < 4.78 is 4.97. The maximum absolute atomic E-state index is 11.7. The van der Waals surface area contributed by atoms with Gasteiger partial charge in [0.2, 0.25) is 5.91 Å². The molecule has 84 valence electrons. The number of carbonyl (C=O) groups is 1. The lowest BCUT2D eigenvalue weighted by molar-refractivity contribution is -0.133. The predicted molar refractivity (Wildman–Crippen MR) is 57.3 cm³/mol. The predicted octanol–water partition coefficient (Wildman–Crippen LogP) is 0.479. The van der Waals surface area contributed by atoms with E-state index in [1.165, 1.54) is 0 Å². The number of methoxy groups -OCH3 is 1. The molecule has 0 spiro atoms. The molecule has 0 radical (unpaired) electrons. The Bertz CT molecular complexity index is 160. The molecule has 4 heteroatoms. The van der Waals surface area contributed by atoms with Crippen molar-refractivity contribution in [3.63, 3.8) is 0 Å². The van der Waals surface area contributed by atoms with Gasteiger partial charge in [0.25, 0.3) is 0 Å². The Kier molecular flexibility index (Phi) is 7.42. The summed E-state index contributed by atoms with van der Waals surface area (Å²) in [6.45, 7) is 6.05. The zero-order valence-corrected chi connectivity index (χ0v) is 9.67. The topological polar surface area (TPSA) is 41.6 Å². The lowest BCUT2D eigenvalue weighted by Gasteiger charge is -2.26.